The summed E-state index contributed by atoms with van der Waals surface area (Å²) in [6.07, 6.45) is 2.95. The maximum absolute atomic E-state index is 12.8. The van der Waals surface area contributed by atoms with Crippen molar-refractivity contribution in [3.63, 3.8) is 0 Å². The Morgan fingerprint density at radius 3 is 2.44 bits per heavy atom. The summed E-state index contributed by atoms with van der Waals surface area (Å²) in [6.45, 7) is 2.05. The van der Waals surface area contributed by atoms with Crippen LogP contribution in [0.1, 0.15) is 17.7 Å². The molecule has 5 rings (SSSR count). The lowest BCUT2D eigenvalue weighted by molar-refractivity contribution is -0.116. The van der Waals surface area contributed by atoms with Crippen molar-refractivity contribution in [2.24, 2.45) is 0 Å². The molecule has 0 aliphatic carbocycles. The number of halogens is 1. The number of benzene rings is 3. The second kappa shape index (κ2) is 10.3. The Morgan fingerprint density at radius 1 is 0.972 bits per heavy atom. The molecule has 6 heteroatoms. The van der Waals surface area contributed by atoms with Gasteiger partial charge in [0.2, 0.25) is 5.91 Å². The zero-order chi connectivity index (χ0) is 25.1. The highest BCUT2D eigenvalue weighted by Gasteiger charge is 2.17. The number of hydrogen-bond acceptors (Lipinski definition) is 3. The van der Waals surface area contributed by atoms with E-state index in [0.717, 1.165) is 50.7 Å². The number of nitrogens with zero attached hydrogens (tertiary/aromatic N) is 2. The van der Waals surface area contributed by atoms with Crippen molar-refractivity contribution in [1.29, 1.82) is 0 Å². The average molecular weight is 496 g/mol. The van der Waals surface area contributed by atoms with E-state index in [1.807, 2.05) is 78.9 Å². The van der Waals surface area contributed by atoms with Crippen molar-refractivity contribution in [1.82, 2.24) is 9.38 Å². The number of carbonyl (C=O) groups is 1. The van der Waals surface area contributed by atoms with Crippen LogP contribution in [0.25, 0.3) is 28.0 Å². The Labute approximate surface area is 215 Å². The number of hydrogen-bond donors (Lipinski definition) is 1. The van der Waals surface area contributed by atoms with Gasteiger partial charge in [-0.15, -0.1) is 0 Å². The number of imidazole rings is 1. The Morgan fingerprint density at radius 2 is 1.72 bits per heavy atom. The fraction of sp³-hybridized carbons (Fsp3) is 0.133. The van der Waals surface area contributed by atoms with Crippen molar-refractivity contribution in [3.05, 3.63) is 107 Å². The molecule has 0 fully saturated rings. The third kappa shape index (κ3) is 4.97. The molecular formula is C30H26ClN3O2. The highest BCUT2D eigenvalue weighted by Crippen LogP contribution is 2.31. The molecule has 180 valence electrons. The van der Waals surface area contributed by atoms with Gasteiger partial charge in [-0.2, -0.15) is 0 Å². The number of rotatable bonds is 7. The molecule has 36 heavy (non-hydrogen) atoms. The van der Waals surface area contributed by atoms with Crippen LogP contribution in [-0.2, 0) is 11.2 Å². The van der Waals surface area contributed by atoms with E-state index in [4.69, 9.17) is 21.3 Å². The summed E-state index contributed by atoms with van der Waals surface area (Å²) in [5.41, 5.74) is 7.69. The Bertz CT molecular complexity index is 1530. The van der Waals surface area contributed by atoms with Gasteiger partial charge in [-0.3, -0.25) is 4.79 Å². The maximum Gasteiger partial charge on any atom is 0.224 e. The highest BCUT2D eigenvalue weighted by molar-refractivity contribution is 6.30. The second-order valence-electron chi connectivity index (χ2n) is 8.66. The first kappa shape index (κ1) is 23.6. The van der Waals surface area contributed by atoms with Crippen LogP contribution < -0.4 is 10.1 Å². The molecular weight excluding hydrogens is 470 g/mol. The molecule has 2 heterocycles. The summed E-state index contributed by atoms with van der Waals surface area (Å²) in [5, 5.41) is 3.69. The monoisotopic (exact) mass is 495 g/mol. The number of aromatic nitrogens is 2. The number of carbonyl (C=O) groups excluding carboxylic acids is 1. The van der Waals surface area contributed by atoms with Crippen molar-refractivity contribution < 1.29 is 9.53 Å². The molecule has 3 aromatic carbocycles. The molecule has 0 radical (unpaired) electrons. The third-order valence-corrected chi connectivity index (χ3v) is 6.46. The number of aryl methyl sites for hydroxylation is 2. The van der Waals surface area contributed by atoms with Crippen molar-refractivity contribution in [2.45, 2.75) is 19.8 Å². The number of fused-ring (bicyclic) bond motifs is 1. The zero-order valence-electron chi connectivity index (χ0n) is 20.2. The Kier molecular flexibility index (Phi) is 6.74. The van der Waals surface area contributed by atoms with Crippen molar-refractivity contribution in [2.75, 3.05) is 12.4 Å². The van der Waals surface area contributed by atoms with E-state index in [-0.39, 0.29) is 5.91 Å². The van der Waals surface area contributed by atoms with Crippen LogP contribution in [0.5, 0.6) is 5.75 Å². The van der Waals surface area contributed by atoms with Crippen LogP contribution >= 0.6 is 11.6 Å². The summed E-state index contributed by atoms with van der Waals surface area (Å²) in [4.78, 5) is 17.7. The average Bonchev–Trinajstić information content (AvgIpc) is 3.26. The van der Waals surface area contributed by atoms with E-state index in [2.05, 4.69) is 28.9 Å². The van der Waals surface area contributed by atoms with Crippen LogP contribution in [0.15, 0.2) is 91.1 Å². The number of para-hydroxylation sites is 1. The van der Waals surface area contributed by atoms with Crippen molar-refractivity contribution >= 4 is 28.8 Å². The smallest absolute Gasteiger partial charge is 0.224 e. The molecule has 0 saturated carbocycles. The first-order valence-corrected chi connectivity index (χ1v) is 12.2. The Hall–Kier alpha value is -4.09. The minimum atomic E-state index is -0.0402. The molecule has 1 amide bonds. The Balaban J connectivity index is 1.54. The van der Waals surface area contributed by atoms with E-state index in [0.29, 0.717) is 17.9 Å². The summed E-state index contributed by atoms with van der Waals surface area (Å²) >= 11 is 6.18. The fourth-order valence-electron chi connectivity index (χ4n) is 4.40. The second-order valence-corrected chi connectivity index (χ2v) is 9.09. The van der Waals surface area contributed by atoms with Crippen LogP contribution in [0, 0.1) is 6.92 Å². The van der Waals surface area contributed by atoms with Crippen LogP contribution in [0.3, 0.4) is 0 Å². The minimum Gasteiger partial charge on any atom is -0.497 e. The lowest BCUT2D eigenvalue weighted by Crippen LogP contribution is -2.13. The van der Waals surface area contributed by atoms with Gasteiger partial charge in [0.05, 0.1) is 18.5 Å². The summed E-state index contributed by atoms with van der Waals surface area (Å²) in [6, 6.07) is 27.3. The molecule has 5 aromatic rings. The van der Waals surface area contributed by atoms with E-state index >= 15 is 0 Å². The van der Waals surface area contributed by atoms with E-state index in [1.54, 1.807) is 7.11 Å². The molecule has 0 bridgehead atoms. The van der Waals surface area contributed by atoms with Gasteiger partial charge in [0.25, 0.3) is 0 Å². The minimum absolute atomic E-state index is 0.0402. The van der Waals surface area contributed by atoms with Gasteiger partial charge < -0.3 is 14.5 Å². The van der Waals surface area contributed by atoms with Crippen molar-refractivity contribution in [3.8, 4) is 28.1 Å². The summed E-state index contributed by atoms with van der Waals surface area (Å²) in [5.74, 6) is 0.744. The normalized spacial score (nSPS) is 11.0. The summed E-state index contributed by atoms with van der Waals surface area (Å²) in [7, 11) is 1.65. The first-order chi connectivity index (χ1) is 17.5. The molecule has 2 aromatic heterocycles. The lowest BCUT2D eigenvalue weighted by Gasteiger charge is -2.10. The molecule has 0 unspecified atom stereocenters. The predicted octanol–water partition coefficient (Wildman–Crippen LogP) is 7.21. The number of methoxy groups -OCH3 is 1. The first-order valence-electron chi connectivity index (χ1n) is 11.8. The van der Waals surface area contributed by atoms with E-state index < -0.39 is 0 Å². The molecule has 0 atom stereocenters. The molecule has 0 saturated heterocycles. The van der Waals surface area contributed by atoms with Crippen LogP contribution in [0.2, 0.25) is 5.02 Å². The molecule has 5 nitrogen and oxygen atoms in total. The maximum atomic E-state index is 12.8. The molecule has 1 N–H and O–H groups in total. The van der Waals surface area contributed by atoms with Gasteiger partial charge in [-0.1, -0.05) is 35.9 Å². The number of amides is 1. The number of pyridine rings is 1. The molecule has 0 aliphatic rings. The topological polar surface area (TPSA) is 55.6 Å². The van der Waals surface area contributed by atoms with Gasteiger partial charge in [0.1, 0.15) is 11.4 Å². The van der Waals surface area contributed by atoms with Crippen LogP contribution in [0.4, 0.5) is 5.69 Å². The van der Waals surface area contributed by atoms with Gasteiger partial charge >= 0.3 is 0 Å². The van der Waals surface area contributed by atoms with E-state index in [9.17, 15) is 4.79 Å². The van der Waals surface area contributed by atoms with Gasteiger partial charge in [-0.05, 0) is 90.7 Å². The lowest BCUT2D eigenvalue weighted by atomic mass is 10.0. The number of nitrogens with one attached hydrogen (secondary N) is 1. The van der Waals surface area contributed by atoms with Crippen LogP contribution in [-0.4, -0.2) is 22.4 Å². The molecule has 0 aliphatic heterocycles. The van der Waals surface area contributed by atoms with E-state index in [1.165, 1.54) is 0 Å². The predicted molar refractivity (Wildman–Crippen MR) is 146 cm³/mol. The van der Waals surface area contributed by atoms with Gasteiger partial charge in [0, 0.05) is 28.9 Å². The number of ether oxygens (including phenoxy) is 1. The van der Waals surface area contributed by atoms with Gasteiger partial charge in [0.15, 0.2) is 0 Å². The quantitative estimate of drug-likeness (QED) is 0.259. The zero-order valence-corrected chi connectivity index (χ0v) is 20.9. The van der Waals surface area contributed by atoms with Gasteiger partial charge in [-0.25, -0.2) is 4.98 Å². The SMILES string of the molecule is COc1ccc(-c2nc3ccc(-c4ccc(Cl)cc4C)cn3c2CCC(=O)Nc2ccccc2)cc1. The number of anilines is 1. The molecule has 0 spiro atoms. The highest BCUT2D eigenvalue weighted by atomic mass is 35.5. The largest absolute Gasteiger partial charge is 0.497 e. The summed E-state index contributed by atoms with van der Waals surface area (Å²) < 4.78 is 7.42. The fourth-order valence-corrected chi connectivity index (χ4v) is 4.63. The third-order valence-electron chi connectivity index (χ3n) is 6.23. The standard InChI is InChI=1S/C30H26ClN3O2/c1-20-18-23(31)11-14-26(20)22-10-16-28-33-30(21-8-12-25(36-2)13-9-21)27(34(28)19-22)15-17-29(35)32-24-6-4-3-5-7-24/h3-14,16,18-19H,15,17H2,1-2H3,(H,32,35).